The second-order valence-corrected chi connectivity index (χ2v) is 7.13. The molecule has 0 aliphatic carbocycles. The third-order valence-electron chi connectivity index (χ3n) is 5.19. The number of rotatable bonds is 7. The Morgan fingerprint density at radius 3 is 2.71 bits per heavy atom. The van der Waals surface area contributed by atoms with E-state index in [9.17, 15) is 9.59 Å². The molecule has 1 amide bonds. The fraction of sp³-hybridized carbons (Fsp3) is 0.261. The summed E-state index contributed by atoms with van der Waals surface area (Å²) in [7, 11) is 3.19. The SMILES string of the molecule is CCOc1cc(CNC(=O)Cn2c3ccccc3c3cnn(C)c(=O)c32)ccc1OC. The fourth-order valence-corrected chi connectivity index (χ4v) is 3.71. The maximum Gasteiger partial charge on any atom is 0.291 e. The van der Waals surface area contributed by atoms with Gasteiger partial charge in [-0.2, -0.15) is 5.10 Å². The van der Waals surface area contributed by atoms with Gasteiger partial charge in [0.15, 0.2) is 11.5 Å². The van der Waals surface area contributed by atoms with Crippen LogP contribution in [-0.2, 0) is 24.9 Å². The van der Waals surface area contributed by atoms with Crippen molar-refractivity contribution in [1.29, 1.82) is 0 Å². The molecule has 2 aromatic carbocycles. The van der Waals surface area contributed by atoms with Gasteiger partial charge in [0, 0.05) is 29.9 Å². The number of hydrogen-bond acceptors (Lipinski definition) is 5. The average Bonchev–Trinajstić information content (AvgIpc) is 3.09. The first-order chi connectivity index (χ1) is 15.0. The van der Waals surface area contributed by atoms with Crippen molar-refractivity contribution < 1.29 is 14.3 Å². The number of carbonyl (C=O) groups excluding carboxylic acids is 1. The lowest BCUT2D eigenvalue weighted by molar-refractivity contribution is -0.121. The fourth-order valence-electron chi connectivity index (χ4n) is 3.71. The van der Waals surface area contributed by atoms with E-state index in [4.69, 9.17) is 9.47 Å². The molecule has 0 aliphatic heterocycles. The summed E-state index contributed by atoms with van der Waals surface area (Å²) < 4.78 is 13.9. The van der Waals surface area contributed by atoms with E-state index in [2.05, 4.69) is 10.4 Å². The number of aromatic nitrogens is 3. The van der Waals surface area contributed by atoms with Crippen LogP contribution in [0.5, 0.6) is 11.5 Å². The minimum atomic E-state index is -0.238. The quantitative estimate of drug-likeness (QED) is 0.497. The van der Waals surface area contributed by atoms with Gasteiger partial charge in [0.1, 0.15) is 12.1 Å². The van der Waals surface area contributed by atoms with E-state index in [-0.39, 0.29) is 18.0 Å². The van der Waals surface area contributed by atoms with Crippen molar-refractivity contribution in [1.82, 2.24) is 19.7 Å². The summed E-state index contributed by atoms with van der Waals surface area (Å²) in [6.45, 7) is 2.78. The number of nitrogens with one attached hydrogen (secondary N) is 1. The zero-order chi connectivity index (χ0) is 22.0. The molecule has 160 valence electrons. The van der Waals surface area contributed by atoms with E-state index in [0.717, 1.165) is 21.9 Å². The Morgan fingerprint density at radius 1 is 1.13 bits per heavy atom. The van der Waals surface area contributed by atoms with Gasteiger partial charge in [-0.1, -0.05) is 24.3 Å². The van der Waals surface area contributed by atoms with Gasteiger partial charge >= 0.3 is 0 Å². The number of aryl methyl sites for hydroxylation is 1. The second kappa shape index (κ2) is 8.51. The highest BCUT2D eigenvalue weighted by Gasteiger charge is 2.17. The van der Waals surface area contributed by atoms with Crippen LogP contribution in [0.1, 0.15) is 12.5 Å². The Labute approximate surface area is 179 Å². The Morgan fingerprint density at radius 2 is 1.94 bits per heavy atom. The van der Waals surface area contributed by atoms with E-state index in [1.807, 2.05) is 49.4 Å². The number of carbonyl (C=O) groups is 1. The summed E-state index contributed by atoms with van der Waals surface area (Å²) >= 11 is 0. The van der Waals surface area contributed by atoms with Crippen LogP contribution in [0.3, 0.4) is 0 Å². The molecule has 31 heavy (non-hydrogen) atoms. The molecule has 8 nitrogen and oxygen atoms in total. The first-order valence-electron chi connectivity index (χ1n) is 10.0. The van der Waals surface area contributed by atoms with E-state index in [1.54, 1.807) is 24.9 Å². The molecular weight excluding hydrogens is 396 g/mol. The molecule has 0 aliphatic rings. The Kier molecular flexibility index (Phi) is 5.62. The molecule has 2 heterocycles. The smallest absolute Gasteiger partial charge is 0.291 e. The topological polar surface area (TPSA) is 87.4 Å². The lowest BCUT2D eigenvalue weighted by Crippen LogP contribution is -2.29. The zero-order valence-electron chi connectivity index (χ0n) is 17.7. The van der Waals surface area contributed by atoms with Gasteiger partial charge in [-0.05, 0) is 30.7 Å². The van der Waals surface area contributed by atoms with E-state index in [1.165, 1.54) is 4.68 Å². The molecule has 4 aromatic rings. The standard InChI is InChI=1S/C23H24N4O4/c1-4-31-20-11-15(9-10-19(20)30-3)12-24-21(28)14-27-18-8-6-5-7-16(18)17-13-25-26(2)23(29)22(17)27/h5-11,13H,4,12,14H2,1-3H3,(H,24,28). The van der Waals surface area contributed by atoms with Crippen LogP contribution >= 0.6 is 0 Å². The van der Waals surface area contributed by atoms with Gasteiger partial charge in [-0.15, -0.1) is 0 Å². The monoisotopic (exact) mass is 420 g/mol. The molecule has 0 saturated carbocycles. The number of para-hydroxylation sites is 1. The van der Waals surface area contributed by atoms with Gasteiger partial charge < -0.3 is 19.4 Å². The highest BCUT2D eigenvalue weighted by molar-refractivity contribution is 6.07. The summed E-state index contributed by atoms with van der Waals surface area (Å²) in [5.41, 5.74) is 1.94. The molecule has 4 rings (SSSR count). The number of amides is 1. The van der Waals surface area contributed by atoms with E-state index >= 15 is 0 Å². The number of nitrogens with zero attached hydrogens (tertiary/aromatic N) is 3. The molecule has 0 radical (unpaired) electrons. The number of methoxy groups -OCH3 is 1. The minimum Gasteiger partial charge on any atom is -0.493 e. The van der Waals surface area contributed by atoms with Crippen molar-refractivity contribution in [2.24, 2.45) is 7.05 Å². The van der Waals surface area contributed by atoms with Crippen molar-refractivity contribution in [3.05, 3.63) is 64.6 Å². The van der Waals surface area contributed by atoms with Crippen molar-refractivity contribution >= 4 is 27.7 Å². The molecule has 0 unspecified atom stereocenters. The largest absolute Gasteiger partial charge is 0.493 e. The van der Waals surface area contributed by atoms with Crippen LogP contribution in [0.25, 0.3) is 21.8 Å². The predicted molar refractivity (Wildman–Crippen MR) is 118 cm³/mol. The molecule has 8 heteroatoms. The maximum atomic E-state index is 12.8. The molecule has 0 spiro atoms. The van der Waals surface area contributed by atoms with Crippen molar-refractivity contribution in [2.45, 2.75) is 20.0 Å². The highest BCUT2D eigenvalue weighted by Crippen LogP contribution is 2.28. The summed E-state index contributed by atoms with van der Waals surface area (Å²) in [6.07, 6.45) is 1.67. The first-order valence-corrected chi connectivity index (χ1v) is 10.0. The minimum absolute atomic E-state index is 0.0255. The summed E-state index contributed by atoms with van der Waals surface area (Å²) in [5.74, 6) is 1.08. The molecule has 2 aromatic heterocycles. The van der Waals surface area contributed by atoms with Crippen LogP contribution in [0.2, 0.25) is 0 Å². The molecule has 1 N–H and O–H groups in total. The highest BCUT2D eigenvalue weighted by atomic mass is 16.5. The van der Waals surface area contributed by atoms with Gasteiger partial charge in [-0.25, -0.2) is 4.68 Å². The van der Waals surface area contributed by atoms with Gasteiger partial charge in [0.25, 0.3) is 5.56 Å². The Hall–Kier alpha value is -3.81. The number of hydrogen-bond donors (Lipinski definition) is 1. The summed E-state index contributed by atoms with van der Waals surface area (Å²) in [6, 6.07) is 13.2. The molecule has 0 bridgehead atoms. The van der Waals surface area contributed by atoms with Crippen LogP contribution in [-0.4, -0.2) is 34.0 Å². The van der Waals surface area contributed by atoms with Crippen LogP contribution in [0.4, 0.5) is 0 Å². The molecule has 0 atom stereocenters. The summed E-state index contributed by atoms with van der Waals surface area (Å²) in [5, 5.41) is 8.69. The van der Waals surface area contributed by atoms with Crippen LogP contribution in [0.15, 0.2) is 53.5 Å². The Balaban J connectivity index is 1.60. The van der Waals surface area contributed by atoms with Gasteiger partial charge in [-0.3, -0.25) is 9.59 Å². The predicted octanol–water partition coefficient (Wildman–Crippen LogP) is 2.61. The Bertz CT molecular complexity index is 1320. The van der Waals surface area contributed by atoms with Crippen molar-refractivity contribution in [2.75, 3.05) is 13.7 Å². The van der Waals surface area contributed by atoms with E-state index < -0.39 is 0 Å². The second-order valence-electron chi connectivity index (χ2n) is 7.13. The summed E-state index contributed by atoms with van der Waals surface area (Å²) in [4.78, 5) is 25.5. The lowest BCUT2D eigenvalue weighted by Gasteiger charge is -2.12. The molecule has 0 fully saturated rings. The maximum absolute atomic E-state index is 12.8. The van der Waals surface area contributed by atoms with Crippen molar-refractivity contribution in [3.8, 4) is 11.5 Å². The zero-order valence-corrected chi connectivity index (χ0v) is 17.7. The number of fused-ring (bicyclic) bond motifs is 3. The molecular formula is C23H24N4O4. The normalized spacial score (nSPS) is 11.1. The van der Waals surface area contributed by atoms with Crippen molar-refractivity contribution in [3.63, 3.8) is 0 Å². The van der Waals surface area contributed by atoms with E-state index in [0.29, 0.717) is 30.2 Å². The lowest BCUT2D eigenvalue weighted by atomic mass is 10.2. The average molecular weight is 420 g/mol. The number of ether oxygens (including phenoxy) is 2. The van der Waals surface area contributed by atoms with Gasteiger partial charge in [0.05, 0.1) is 19.9 Å². The van der Waals surface area contributed by atoms with Crippen LogP contribution < -0.4 is 20.3 Å². The number of benzene rings is 2. The molecule has 0 saturated heterocycles. The van der Waals surface area contributed by atoms with Gasteiger partial charge in [0.2, 0.25) is 5.91 Å². The first kappa shape index (κ1) is 20.5. The third kappa shape index (κ3) is 3.84. The third-order valence-corrected chi connectivity index (χ3v) is 5.19. The van der Waals surface area contributed by atoms with Crippen LogP contribution in [0, 0.1) is 0 Å².